The van der Waals surface area contributed by atoms with Crippen LogP contribution in [-0.2, 0) is 14.2 Å². The fraction of sp³-hybridized carbons (Fsp3) is 1.00. The summed E-state index contributed by atoms with van der Waals surface area (Å²) in [5.74, 6) is -0.376. The third-order valence-electron chi connectivity index (χ3n) is 4.59. The van der Waals surface area contributed by atoms with Crippen molar-refractivity contribution in [1.29, 1.82) is 0 Å². The van der Waals surface area contributed by atoms with Gasteiger partial charge in [-0.3, -0.25) is 0 Å². The van der Waals surface area contributed by atoms with E-state index in [1.54, 1.807) is 0 Å². The normalized spacial score (nSPS) is 30.0. The van der Waals surface area contributed by atoms with Crippen LogP contribution in [0, 0.1) is 0 Å². The quantitative estimate of drug-likeness (QED) is 0.814. The summed E-state index contributed by atoms with van der Waals surface area (Å²) in [6, 6.07) is 0.416. The largest absolute Gasteiger partial charge is 0.371 e. The van der Waals surface area contributed by atoms with Crippen molar-refractivity contribution in [2.75, 3.05) is 19.8 Å². The molecule has 1 aliphatic carbocycles. The molecule has 1 saturated heterocycles. The molecule has 0 aromatic heterocycles. The Balaban J connectivity index is 2.02. The van der Waals surface area contributed by atoms with Crippen LogP contribution in [-0.4, -0.2) is 43.3 Å². The summed E-state index contributed by atoms with van der Waals surface area (Å²) in [5, 5.41) is 3.64. The van der Waals surface area contributed by atoms with Crippen LogP contribution in [0.3, 0.4) is 0 Å². The van der Waals surface area contributed by atoms with E-state index in [1.165, 1.54) is 0 Å². The molecule has 118 valence electrons. The molecule has 1 heterocycles. The Hall–Kier alpha value is -0.160. The van der Waals surface area contributed by atoms with Crippen LogP contribution < -0.4 is 5.32 Å². The molecule has 4 heteroatoms. The van der Waals surface area contributed by atoms with Crippen molar-refractivity contribution in [3.8, 4) is 0 Å². The Bertz CT molecular complexity index is 300. The van der Waals surface area contributed by atoms with Gasteiger partial charge in [-0.05, 0) is 39.7 Å². The van der Waals surface area contributed by atoms with E-state index in [0.717, 1.165) is 51.9 Å². The lowest BCUT2D eigenvalue weighted by Gasteiger charge is -2.44. The van der Waals surface area contributed by atoms with E-state index >= 15 is 0 Å². The van der Waals surface area contributed by atoms with Crippen LogP contribution in [0.15, 0.2) is 0 Å². The molecule has 1 aliphatic heterocycles. The maximum absolute atomic E-state index is 6.40. The maximum atomic E-state index is 6.40. The molecule has 2 aliphatic rings. The molecule has 0 amide bonds. The zero-order valence-corrected chi connectivity index (χ0v) is 13.5. The van der Waals surface area contributed by atoms with Gasteiger partial charge in [0.1, 0.15) is 0 Å². The van der Waals surface area contributed by atoms with Gasteiger partial charge >= 0.3 is 0 Å². The first-order chi connectivity index (χ1) is 9.50. The smallest absolute Gasteiger partial charge is 0.171 e. The molecule has 0 bridgehead atoms. The van der Waals surface area contributed by atoms with Gasteiger partial charge in [-0.1, -0.05) is 13.8 Å². The summed E-state index contributed by atoms with van der Waals surface area (Å²) < 4.78 is 18.2. The van der Waals surface area contributed by atoms with E-state index < -0.39 is 0 Å². The molecule has 20 heavy (non-hydrogen) atoms. The fourth-order valence-corrected chi connectivity index (χ4v) is 3.05. The molecule has 1 N–H and O–H groups in total. The second-order valence-corrected chi connectivity index (χ2v) is 6.68. The molecular formula is C16H31NO3. The Morgan fingerprint density at radius 1 is 1.25 bits per heavy atom. The minimum absolute atomic E-state index is 0.0893. The second kappa shape index (κ2) is 6.73. The highest BCUT2D eigenvalue weighted by Gasteiger charge is 2.46. The zero-order chi connectivity index (χ0) is 14.6. The number of rotatable bonds is 6. The van der Waals surface area contributed by atoms with Gasteiger partial charge in [-0.2, -0.15) is 0 Å². The van der Waals surface area contributed by atoms with Gasteiger partial charge in [0.05, 0.1) is 24.9 Å². The Morgan fingerprint density at radius 2 is 1.95 bits per heavy atom. The summed E-state index contributed by atoms with van der Waals surface area (Å²) >= 11 is 0. The summed E-state index contributed by atoms with van der Waals surface area (Å²) in [5.41, 5.74) is -0.0893. The number of hydrogen-bond acceptors (Lipinski definition) is 4. The van der Waals surface area contributed by atoms with Crippen molar-refractivity contribution in [2.45, 2.75) is 83.3 Å². The van der Waals surface area contributed by atoms with Gasteiger partial charge in [0, 0.05) is 18.9 Å². The molecular weight excluding hydrogens is 254 g/mol. The lowest BCUT2D eigenvalue weighted by Crippen LogP contribution is -2.54. The number of hydrogen-bond donors (Lipinski definition) is 1. The number of nitrogens with one attached hydrogen (secondary N) is 1. The molecule has 2 rings (SSSR count). The zero-order valence-electron chi connectivity index (χ0n) is 13.5. The second-order valence-electron chi connectivity index (χ2n) is 6.68. The first-order valence-electron chi connectivity index (χ1n) is 8.19. The van der Waals surface area contributed by atoms with Crippen LogP contribution in [0.25, 0.3) is 0 Å². The van der Waals surface area contributed by atoms with E-state index in [9.17, 15) is 0 Å². The van der Waals surface area contributed by atoms with Crippen LogP contribution in [0.5, 0.6) is 0 Å². The first-order valence-corrected chi connectivity index (χ1v) is 8.19. The molecule has 0 aromatic rings. The van der Waals surface area contributed by atoms with Crippen LogP contribution in [0.1, 0.15) is 59.8 Å². The highest BCUT2D eigenvalue weighted by molar-refractivity contribution is 4.93. The Labute approximate surface area is 123 Å². The Kier molecular flexibility index (Phi) is 5.46. The van der Waals surface area contributed by atoms with Crippen molar-refractivity contribution in [1.82, 2.24) is 5.32 Å². The predicted molar refractivity (Wildman–Crippen MR) is 79.8 cm³/mol. The Morgan fingerprint density at radius 3 is 2.55 bits per heavy atom. The van der Waals surface area contributed by atoms with Crippen LogP contribution in [0.4, 0.5) is 0 Å². The third kappa shape index (κ3) is 3.94. The van der Waals surface area contributed by atoms with Crippen molar-refractivity contribution in [3.05, 3.63) is 0 Å². The van der Waals surface area contributed by atoms with E-state index in [0.29, 0.717) is 6.04 Å². The van der Waals surface area contributed by atoms with Gasteiger partial charge in [-0.15, -0.1) is 0 Å². The molecule has 1 spiro atoms. The van der Waals surface area contributed by atoms with E-state index in [2.05, 4.69) is 33.0 Å². The SMILES string of the molecule is CCCNC1CCC2(CC1OC(C)(C)CC)OCCO2. The molecule has 2 unspecified atom stereocenters. The first kappa shape index (κ1) is 16.2. The van der Waals surface area contributed by atoms with Crippen molar-refractivity contribution >= 4 is 0 Å². The van der Waals surface area contributed by atoms with Crippen molar-refractivity contribution < 1.29 is 14.2 Å². The fourth-order valence-electron chi connectivity index (χ4n) is 3.05. The molecule has 2 fully saturated rings. The monoisotopic (exact) mass is 285 g/mol. The van der Waals surface area contributed by atoms with Gasteiger partial charge in [0.15, 0.2) is 5.79 Å². The number of ether oxygens (including phenoxy) is 3. The van der Waals surface area contributed by atoms with E-state index in [-0.39, 0.29) is 17.5 Å². The van der Waals surface area contributed by atoms with Crippen LogP contribution >= 0.6 is 0 Å². The highest BCUT2D eigenvalue weighted by Crippen LogP contribution is 2.38. The molecule has 0 radical (unpaired) electrons. The summed E-state index contributed by atoms with van der Waals surface area (Å²) in [6.45, 7) is 11.2. The third-order valence-corrected chi connectivity index (χ3v) is 4.59. The van der Waals surface area contributed by atoms with Crippen molar-refractivity contribution in [3.63, 3.8) is 0 Å². The standard InChI is InChI=1S/C16H31NO3/c1-5-9-17-13-7-8-16(18-10-11-19-16)12-14(13)20-15(3,4)6-2/h13-14,17H,5-12H2,1-4H3. The topological polar surface area (TPSA) is 39.7 Å². The molecule has 0 aromatic carbocycles. The van der Waals surface area contributed by atoms with E-state index in [1.807, 2.05) is 0 Å². The maximum Gasteiger partial charge on any atom is 0.171 e. The molecule has 4 nitrogen and oxygen atoms in total. The van der Waals surface area contributed by atoms with Gasteiger partial charge in [0.25, 0.3) is 0 Å². The summed E-state index contributed by atoms with van der Waals surface area (Å²) in [7, 11) is 0. The van der Waals surface area contributed by atoms with E-state index in [4.69, 9.17) is 14.2 Å². The minimum Gasteiger partial charge on any atom is -0.371 e. The lowest BCUT2D eigenvalue weighted by atomic mass is 9.86. The average molecular weight is 285 g/mol. The lowest BCUT2D eigenvalue weighted by molar-refractivity contribution is -0.221. The van der Waals surface area contributed by atoms with Crippen molar-refractivity contribution in [2.24, 2.45) is 0 Å². The predicted octanol–water partition coefficient (Wildman–Crippen LogP) is 2.86. The summed E-state index contributed by atoms with van der Waals surface area (Å²) in [6.07, 6.45) is 5.21. The molecule has 2 atom stereocenters. The van der Waals surface area contributed by atoms with Gasteiger partial charge in [0.2, 0.25) is 0 Å². The highest BCUT2D eigenvalue weighted by atomic mass is 16.7. The van der Waals surface area contributed by atoms with Gasteiger partial charge in [-0.25, -0.2) is 0 Å². The summed E-state index contributed by atoms with van der Waals surface area (Å²) in [4.78, 5) is 0. The van der Waals surface area contributed by atoms with Crippen LogP contribution in [0.2, 0.25) is 0 Å². The molecule has 1 saturated carbocycles. The van der Waals surface area contributed by atoms with Gasteiger partial charge < -0.3 is 19.5 Å². The minimum atomic E-state index is -0.376. The average Bonchev–Trinajstić information content (AvgIpc) is 2.86.